The summed E-state index contributed by atoms with van der Waals surface area (Å²) in [5, 5.41) is 8.59. The molecule has 0 saturated carbocycles. The highest BCUT2D eigenvalue weighted by Gasteiger charge is 2.10. The predicted molar refractivity (Wildman–Crippen MR) is 53.6 cm³/mol. The molecule has 1 N–H and O–H groups in total. The Morgan fingerprint density at radius 1 is 1.42 bits per heavy atom. The summed E-state index contributed by atoms with van der Waals surface area (Å²) in [6.07, 6.45) is 1.18. The highest BCUT2D eigenvalue weighted by molar-refractivity contribution is 7.99. The minimum absolute atomic E-state index is 0.209. The topological polar surface area (TPSA) is 37.3 Å². The van der Waals surface area contributed by atoms with Gasteiger partial charge in [0, 0.05) is 5.75 Å². The number of rotatable bonds is 6. The van der Waals surface area contributed by atoms with Gasteiger partial charge >= 0.3 is 5.97 Å². The fraction of sp³-hybridized carbons (Fsp3) is 0.889. The number of hydrogen-bond donors (Lipinski definition) is 1. The maximum Gasteiger partial charge on any atom is 0.307 e. The van der Waals surface area contributed by atoms with Gasteiger partial charge in [-0.05, 0) is 11.7 Å². The molecular weight excluding hydrogens is 172 g/mol. The molecule has 2 atom stereocenters. The minimum Gasteiger partial charge on any atom is -0.481 e. The van der Waals surface area contributed by atoms with Crippen LogP contribution in [-0.2, 0) is 4.79 Å². The fourth-order valence-corrected chi connectivity index (χ4v) is 1.91. The van der Waals surface area contributed by atoms with Gasteiger partial charge in [-0.15, -0.1) is 0 Å². The fourth-order valence-electron chi connectivity index (χ4n) is 0.635. The number of carboxylic acids is 1. The molecule has 0 bridgehead atoms. The van der Waals surface area contributed by atoms with E-state index in [1.807, 2.05) is 0 Å². The highest BCUT2D eigenvalue weighted by Crippen LogP contribution is 2.14. The average Bonchev–Trinajstić information content (AvgIpc) is 2.03. The molecular formula is C9H18O2S. The number of hydrogen-bond acceptors (Lipinski definition) is 2. The van der Waals surface area contributed by atoms with Crippen molar-refractivity contribution in [3.8, 4) is 0 Å². The zero-order chi connectivity index (χ0) is 9.56. The average molecular weight is 190 g/mol. The van der Waals surface area contributed by atoms with Crippen LogP contribution in [0.1, 0.15) is 27.2 Å². The second-order valence-corrected chi connectivity index (χ2v) is 4.37. The Morgan fingerprint density at radius 3 is 2.42 bits per heavy atom. The van der Waals surface area contributed by atoms with E-state index in [0.29, 0.717) is 5.92 Å². The lowest BCUT2D eigenvalue weighted by molar-refractivity contribution is -0.140. The van der Waals surface area contributed by atoms with Gasteiger partial charge in [0.2, 0.25) is 0 Å². The Kier molecular flexibility index (Phi) is 6.25. The summed E-state index contributed by atoms with van der Waals surface area (Å²) in [6, 6.07) is 0. The molecule has 0 aliphatic carbocycles. The van der Waals surface area contributed by atoms with Gasteiger partial charge in [-0.1, -0.05) is 27.2 Å². The van der Waals surface area contributed by atoms with Crippen molar-refractivity contribution in [3.63, 3.8) is 0 Å². The molecule has 2 unspecified atom stereocenters. The van der Waals surface area contributed by atoms with Crippen molar-refractivity contribution in [2.45, 2.75) is 27.2 Å². The molecule has 0 aliphatic rings. The summed E-state index contributed by atoms with van der Waals surface area (Å²) in [7, 11) is 0. The van der Waals surface area contributed by atoms with Crippen LogP contribution in [0, 0.1) is 11.8 Å². The first-order valence-corrected chi connectivity index (χ1v) is 5.54. The lowest BCUT2D eigenvalue weighted by Crippen LogP contribution is -2.12. The molecule has 0 aromatic heterocycles. The van der Waals surface area contributed by atoms with Crippen molar-refractivity contribution in [2.24, 2.45) is 11.8 Å². The first-order chi connectivity index (χ1) is 5.57. The third kappa shape index (κ3) is 5.47. The smallest absolute Gasteiger partial charge is 0.307 e. The van der Waals surface area contributed by atoms with E-state index in [2.05, 4.69) is 13.8 Å². The number of carboxylic acid groups (broad SMARTS) is 1. The predicted octanol–water partition coefficient (Wildman–Crippen LogP) is 2.49. The van der Waals surface area contributed by atoms with E-state index in [-0.39, 0.29) is 5.92 Å². The van der Waals surface area contributed by atoms with Gasteiger partial charge in [-0.25, -0.2) is 0 Å². The van der Waals surface area contributed by atoms with Crippen molar-refractivity contribution in [3.05, 3.63) is 0 Å². The molecule has 0 amide bonds. The van der Waals surface area contributed by atoms with E-state index in [4.69, 9.17) is 5.11 Å². The van der Waals surface area contributed by atoms with Crippen molar-refractivity contribution in [1.82, 2.24) is 0 Å². The monoisotopic (exact) mass is 190 g/mol. The molecule has 0 aromatic rings. The Labute approximate surface area is 78.7 Å². The summed E-state index contributed by atoms with van der Waals surface area (Å²) in [6.45, 7) is 6.11. The highest BCUT2D eigenvalue weighted by atomic mass is 32.2. The Morgan fingerprint density at radius 2 is 2.00 bits per heavy atom. The zero-order valence-electron chi connectivity index (χ0n) is 8.04. The van der Waals surface area contributed by atoms with E-state index in [9.17, 15) is 4.79 Å². The number of aliphatic carboxylic acids is 1. The molecule has 0 aliphatic heterocycles. The maximum absolute atomic E-state index is 10.4. The van der Waals surface area contributed by atoms with Crippen LogP contribution in [0.2, 0.25) is 0 Å². The summed E-state index contributed by atoms with van der Waals surface area (Å²) in [5.74, 6) is 1.62. The zero-order valence-corrected chi connectivity index (χ0v) is 8.86. The van der Waals surface area contributed by atoms with E-state index < -0.39 is 5.97 Å². The second kappa shape index (κ2) is 6.35. The Bertz CT molecular complexity index is 136. The summed E-state index contributed by atoms with van der Waals surface area (Å²) in [5.41, 5.74) is 0. The van der Waals surface area contributed by atoms with Gasteiger partial charge in [0.15, 0.2) is 0 Å². The molecule has 0 aromatic carbocycles. The van der Waals surface area contributed by atoms with Gasteiger partial charge in [0.25, 0.3) is 0 Å². The minimum atomic E-state index is -0.688. The van der Waals surface area contributed by atoms with Gasteiger partial charge < -0.3 is 5.11 Å². The molecule has 12 heavy (non-hydrogen) atoms. The molecule has 0 saturated heterocycles. The van der Waals surface area contributed by atoms with Crippen LogP contribution >= 0.6 is 11.8 Å². The van der Waals surface area contributed by atoms with Gasteiger partial charge in [0.1, 0.15) is 0 Å². The summed E-state index contributed by atoms with van der Waals surface area (Å²) in [4.78, 5) is 10.4. The molecule has 0 spiro atoms. The molecule has 0 rings (SSSR count). The first-order valence-electron chi connectivity index (χ1n) is 4.38. The number of thioether (sulfide) groups is 1. The normalized spacial score (nSPS) is 15.6. The molecule has 2 nitrogen and oxygen atoms in total. The third-order valence-corrected chi connectivity index (χ3v) is 3.43. The Hall–Kier alpha value is -0.180. The van der Waals surface area contributed by atoms with Crippen LogP contribution in [0.5, 0.6) is 0 Å². The molecule has 0 heterocycles. The van der Waals surface area contributed by atoms with E-state index >= 15 is 0 Å². The second-order valence-electron chi connectivity index (χ2n) is 3.29. The van der Waals surface area contributed by atoms with Gasteiger partial charge in [-0.3, -0.25) is 4.79 Å². The SMILES string of the molecule is CCC(C)CSCC(C)C(=O)O. The number of carbonyl (C=O) groups is 1. The third-order valence-electron chi connectivity index (χ3n) is 1.89. The van der Waals surface area contributed by atoms with Crippen LogP contribution in [0.25, 0.3) is 0 Å². The summed E-state index contributed by atoms with van der Waals surface area (Å²) >= 11 is 1.74. The first kappa shape index (κ1) is 11.8. The van der Waals surface area contributed by atoms with Crippen molar-refractivity contribution < 1.29 is 9.90 Å². The van der Waals surface area contributed by atoms with Crippen molar-refractivity contribution in [1.29, 1.82) is 0 Å². The molecule has 0 radical (unpaired) electrons. The van der Waals surface area contributed by atoms with Crippen LogP contribution in [0.4, 0.5) is 0 Å². The standard InChI is InChI=1S/C9H18O2S/c1-4-7(2)5-12-6-8(3)9(10)11/h7-8H,4-6H2,1-3H3,(H,10,11). The Balaban J connectivity index is 3.37. The van der Waals surface area contributed by atoms with E-state index in [1.165, 1.54) is 6.42 Å². The molecule has 0 fully saturated rings. The van der Waals surface area contributed by atoms with E-state index in [1.54, 1.807) is 18.7 Å². The van der Waals surface area contributed by atoms with E-state index in [0.717, 1.165) is 11.5 Å². The van der Waals surface area contributed by atoms with Crippen LogP contribution < -0.4 is 0 Å². The molecule has 3 heteroatoms. The summed E-state index contributed by atoms with van der Waals surface area (Å²) < 4.78 is 0. The van der Waals surface area contributed by atoms with Crippen molar-refractivity contribution in [2.75, 3.05) is 11.5 Å². The maximum atomic E-state index is 10.4. The lowest BCUT2D eigenvalue weighted by atomic mass is 10.2. The quantitative estimate of drug-likeness (QED) is 0.699. The van der Waals surface area contributed by atoms with Gasteiger partial charge in [-0.2, -0.15) is 11.8 Å². The molecule has 72 valence electrons. The van der Waals surface area contributed by atoms with Crippen molar-refractivity contribution >= 4 is 17.7 Å². The van der Waals surface area contributed by atoms with Gasteiger partial charge in [0.05, 0.1) is 5.92 Å². The largest absolute Gasteiger partial charge is 0.481 e. The van der Waals surface area contributed by atoms with Crippen LogP contribution in [-0.4, -0.2) is 22.6 Å². The van der Waals surface area contributed by atoms with Crippen LogP contribution in [0.15, 0.2) is 0 Å². The van der Waals surface area contributed by atoms with Crippen LogP contribution in [0.3, 0.4) is 0 Å². The lowest BCUT2D eigenvalue weighted by Gasteiger charge is -2.09.